The fraction of sp³-hybridized carbons (Fsp3) is 0.250. The summed E-state index contributed by atoms with van der Waals surface area (Å²) in [6.07, 6.45) is -4.67. The van der Waals surface area contributed by atoms with Crippen molar-refractivity contribution in [2.75, 3.05) is 19.1 Å². The van der Waals surface area contributed by atoms with Crippen molar-refractivity contribution in [3.8, 4) is 11.5 Å². The van der Waals surface area contributed by atoms with Crippen molar-refractivity contribution in [2.24, 2.45) is 5.73 Å². The average molecular weight is 382 g/mol. The maximum Gasteiger partial charge on any atom is 0.445 e. The number of aromatic nitrogens is 2. The van der Waals surface area contributed by atoms with Crippen molar-refractivity contribution in [3.63, 3.8) is 0 Å². The van der Waals surface area contributed by atoms with E-state index in [0.29, 0.717) is 0 Å². The highest BCUT2D eigenvalue weighted by atomic mass is 32.1. The topological polar surface area (TPSA) is 73.5 Å². The minimum absolute atomic E-state index is 0.0341. The van der Waals surface area contributed by atoms with E-state index >= 15 is 0 Å². The summed E-state index contributed by atoms with van der Waals surface area (Å²) in [5.74, 6) is -0.827. The van der Waals surface area contributed by atoms with E-state index in [1.807, 2.05) is 0 Å². The molecule has 0 amide bonds. The van der Waals surface area contributed by atoms with Crippen molar-refractivity contribution in [1.82, 2.24) is 10.2 Å². The summed E-state index contributed by atoms with van der Waals surface area (Å²) >= 11 is 5.06. The van der Waals surface area contributed by atoms with Gasteiger partial charge in [0, 0.05) is 12.1 Å². The zero-order chi connectivity index (χ0) is 18.1. The van der Waals surface area contributed by atoms with Crippen molar-refractivity contribution in [3.05, 3.63) is 23.0 Å². The predicted octanol–water partition coefficient (Wildman–Crippen LogP) is 3.09. The number of hydrogen-bond acceptors (Lipinski definition) is 6. The van der Waals surface area contributed by atoms with Crippen LogP contribution in [0.2, 0.25) is 0 Å². The maximum atomic E-state index is 14.0. The molecule has 0 aliphatic carbocycles. The molecular weight excluding hydrogens is 372 g/mol. The molecule has 0 unspecified atom stereocenters. The average Bonchev–Trinajstić information content (AvgIpc) is 2.97. The summed E-state index contributed by atoms with van der Waals surface area (Å²) < 4.78 is 62.0. The Morgan fingerprint density at radius 2 is 1.83 bits per heavy atom. The maximum absolute atomic E-state index is 14.0. The molecule has 0 atom stereocenters. The Morgan fingerprint density at radius 3 is 2.29 bits per heavy atom. The first kappa shape index (κ1) is 18.1. The molecule has 0 fully saturated rings. The van der Waals surface area contributed by atoms with Crippen molar-refractivity contribution < 1.29 is 27.0 Å². The largest absolute Gasteiger partial charge is 0.494 e. The van der Waals surface area contributed by atoms with Gasteiger partial charge in [0.15, 0.2) is 16.7 Å². The van der Waals surface area contributed by atoms with Crippen LogP contribution >= 0.6 is 23.6 Å². The minimum atomic E-state index is -4.67. The van der Waals surface area contributed by atoms with E-state index in [9.17, 15) is 17.6 Å². The summed E-state index contributed by atoms with van der Waals surface area (Å²) in [5, 5.41) is 4.65. The normalized spacial score (nSPS) is 11.2. The van der Waals surface area contributed by atoms with Gasteiger partial charge in [-0.05, 0) is 12.2 Å². The minimum Gasteiger partial charge on any atom is -0.494 e. The lowest BCUT2D eigenvalue weighted by Crippen LogP contribution is -2.31. The quantitative estimate of drug-likeness (QED) is 0.643. The van der Waals surface area contributed by atoms with Crippen LogP contribution in [0.15, 0.2) is 12.1 Å². The van der Waals surface area contributed by atoms with Gasteiger partial charge in [-0.3, -0.25) is 4.90 Å². The van der Waals surface area contributed by atoms with Gasteiger partial charge < -0.3 is 15.2 Å². The van der Waals surface area contributed by atoms with Crippen molar-refractivity contribution in [1.29, 1.82) is 0 Å². The molecule has 0 radical (unpaired) electrons. The second kappa shape index (κ2) is 6.73. The van der Waals surface area contributed by atoms with E-state index in [2.05, 4.69) is 10.2 Å². The number of nitrogens with zero attached hydrogens (tertiary/aromatic N) is 3. The van der Waals surface area contributed by atoms with Gasteiger partial charge in [-0.1, -0.05) is 11.3 Å². The number of thiocarbonyl (C=S) groups is 1. The lowest BCUT2D eigenvalue weighted by Gasteiger charge is -2.22. The van der Waals surface area contributed by atoms with E-state index in [0.717, 1.165) is 11.0 Å². The van der Waals surface area contributed by atoms with Gasteiger partial charge in [-0.2, -0.15) is 13.2 Å². The van der Waals surface area contributed by atoms with Crippen LogP contribution in [-0.4, -0.2) is 29.5 Å². The Morgan fingerprint density at radius 1 is 1.21 bits per heavy atom. The third kappa shape index (κ3) is 3.48. The Balaban J connectivity index is 2.58. The third-order valence-corrected chi connectivity index (χ3v) is 3.90. The van der Waals surface area contributed by atoms with E-state index in [4.69, 9.17) is 27.4 Å². The predicted molar refractivity (Wildman–Crippen MR) is 83.3 cm³/mol. The van der Waals surface area contributed by atoms with Crippen LogP contribution < -0.4 is 20.1 Å². The molecule has 1 heterocycles. The molecule has 130 valence electrons. The number of nitrogens with two attached hydrogens (primary N) is 1. The van der Waals surface area contributed by atoms with Gasteiger partial charge in [0.05, 0.1) is 19.9 Å². The first-order chi connectivity index (χ1) is 11.2. The Hall–Kier alpha value is -2.21. The van der Waals surface area contributed by atoms with Crippen molar-refractivity contribution in [2.45, 2.75) is 6.18 Å². The van der Waals surface area contributed by atoms with Crippen LogP contribution in [0.25, 0.3) is 0 Å². The van der Waals surface area contributed by atoms with Crippen LogP contribution in [0, 0.1) is 5.82 Å². The third-order valence-electron chi connectivity index (χ3n) is 2.76. The molecule has 0 saturated heterocycles. The van der Waals surface area contributed by atoms with Crippen LogP contribution in [0.4, 0.5) is 28.4 Å². The van der Waals surface area contributed by atoms with Gasteiger partial charge in [0.25, 0.3) is 0 Å². The smallest absolute Gasteiger partial charge is 0.445 e. The zero-order valence-electron chi connectivity index (χ0n) is 12.2. The number of ether oxygens (including phenoxy) is 2. The van der Waals surface area contributed by atoms with E-state index in [-0.39, 0.29) is 38.8 Å². The molecule has 2 rings (SSSR count). The summed E-state index contributed by atoms with van der Waals surface area (Å²) in [6.45, 7) is 0. The van der Waals surface area contributed by atoms with Gasteiger partial charge in [-0.25, -0.2) is 4.39 Å². The second-order valence-corrected chi connectivity index (χ2v) is 5.59. The fourth-order valence-electron chi connectivity index (χ4n) is 1.76. The SMILES string of the molecule is COc1cc(OC)c(N(C(N)=S)c2nnc(C(F)(F)F)s2)cc1F. The highest BCUT2D eigenvalue weighted by Crippen LogP contribution is 2.41. The zero-order valence-corrected chi connectivity index (χ0v) is 13.9. The van der Waals surface area contributed by atoms with E-state index in [1.54, 1.807) is 0 Å². The molecular formula is C12H10F4N4O2S2. The molecule has 6 nitrogen and oxygen atoms in total. The van der Waals surface area contributed by atoms with Crippen molar-refractivity contribution >= 4 is 39.5 Å². The molecule has 12 heteroatoms. The van der Waals surface area contributed by atoms with Crippen LogP contribution in [0.3, 0.4) is 0 Å². The molecule has 24 heavy (non-hydrogen) atoms. The van der Waals surface area contributed by atoms with Gasteiger partial charge in [-0.15, -0.1) is 10.2 Å². The number of benzene rings is 1. The number of anilines is 2. The first-order valence-corrected chi connectivity index (χ1v) is 7.33. The molecule has 0 aliphatic heterocycles. The Bertz CT molecular complexity index is 766. The number of methoxy groups -OCH3 is 2. The molecule has 1 aromatic heterocycles. The summed E-state index contributed by atoms with van der Waals surface area (Å²) in [5.41, 5.74) is 5.53. The standard InChI is InChI=1S/C12H10F4N4O2S2/c1-21-7-4-8(22-2)6(3-5(7)13)20(10(17)23)11-19-18-9(24-11)12(14,15)16/h3-4H,1-2H3,(H2,17,23). The first-order valence-electron chi connectivity index (χ1n) is 6.10. The highest BCUT2D eigenvalue weighted by molar-refractivity contribution is 7.80. The second-order valence-electron chi connectivity index (χ2n) is 4.22. The molecule has 1 aromatic carbocycles. The fourth-order valence-corrected chi connectivity index (χ4v) is 2.74. The van der Waals surface area contributed by atoms with Gasteiger partial charge in [0.2, 0.25) is 10.1 Å². The molecule has 2 N–H and O–H groups in total. The van der Waals surface area contributed by atoms with Crippen LogP contribution in [-0.2, 0) is 6.18 Å². The molecule has 2 aromatic rings. The summed E-state index contributed by atoms with van der Waals surface area (Å²) in [7, 11) is 2.54. The highest BCUT2D eigenvalue weighted by Gasteiger charge is 2.37. The molecule has 0 saturated carbocycles. The Kier molecular flexibility index (Phi) is 5.08. The number of hydrogen-bond donors (Lipinski definition) is 1. The number of alkyl halides is 3. The van der Waals surface area contributed by atoms with Gasteiger partial charge in [0.1, 0.15) is 5.75 Å². The number of halogens is 4. The number of rotatable bonds is 4. The lowest BCUT2D eigenvalue weighted by molar-refractivity contribution is -0.138. The summed E-state index contributed by atoms with van der Waals surface area (Å²) in [4.78, 5) is 0.934. The van der Waals surface area contributed by atoms with Crippen LogP contribution in [0.1, 0.15) is 5.01 Å². The summed E-state index contributed by atoms with van der Waals surface area (Å²) in [6, 6.07) is 2.17. The van der Waals surface area contributed by atoms with E-state index < -0.39 is 17.0 Å². The molecule has 0 bridgehead atoms. The van der Waals surface area contributed by atoms with Gasteiger partial charge >= 0.3 is 6.18 Å². The monoisotopic (exact) mass is 382 g/mol. The molecule has 0 spiro atoms. The van der Waals surface area contributed by atoms with E-state index in [1.165, 1.54) is 20.3 Å². The molecule has 0 aliphatic rings. The van der Waals surface area contributed by atoms with Crippen LogP contribution in [0.5, 0.6) is 11.5 Å². The lowest BCUT2D eigenvalue weighted by atomic mass is 10.2. The Labute approximate surface area is 142 Å².